The SMILES string of the molecule is CC(=O)N(C)CC(C)Oc1ccc2c(c1)[C@@](O)(C(F)(F)F)c1ccccc1-2. The van der Waals surface area contributed by atoms with Crippen LogP contribution in [0.4, 0.5) is 13.2 Å². The van der Waals surface area contributed by atoms with Gasteiger partial charge in [-0.3, -0.25) is 4.79 Å². The first-order valence-electron chi connectivity index (χ1n) is 8.47. The number of ether oxygens (including phenoxy) is 1. The van der Waals surface area contributed by atoms with Crippen LogP contribution < -0.4 is 4.74 Å². The molecular weight excluding hydrogens is 359 g/mol. The van der Waals surface area contributed by atoms with Crippen LogP contribution in [-0.4, -0.2) is 41.8 Å². The van der Waals surface area contributed by atoms with Gasteiger partial charge in [-0.1, -0.05) is 30.3 Å². The van der Waals surface area contributed by atoms with Gasteiger partial charge in [0.2, 0.25) is 11.5 Å². The molecule has 0 aromatic heterocycles. The molecule has 2 atom stereocenters. The summed E-state index contributed by atoms with van der Waals surface area (Å²) in [5, 5.41) is 10.7. The van der Waals surface area contributed by atoms with Gasteiger partial charge in [0.25, 0.3) is 0 Å². The topological polar surface area (TPSA) is 49.8 Å². The van der Waals surface area contributed by atoms with Crippen molar-refractivity contribution in [2.75, 3.05) is 13.6 Å². The molecule has 4 nitrogen and oxygen atoms in total. The van der Waals surface area contributed by atoms with Crippen molar-refractivity contribution in [2.24, 2.45) is 0 Å². The van der Waals surface area contributed by atoms with Crippen LogP contribution in [0.25, 0.3) is 11.1 Å². The molecular formula is C20H20F3NO3. The second kappa shape index (κ2) is 6.56. The number of alkyl halides is 3. The molecule has 0 saturated carbocycles. The number of rotatable bonds is 4. The average Bonchev–Trinajstić information content (AvgIpc) is 2.85. The van der Waals surface area contributed by atoms with Crippen LogP contribution in [0.1, 0.15) is 25.0 Å². The van der Waals surface area contributed by atoms with E-state index in [2.05, 4.69) is 0 Å². The minimum atomic E-state index is -4.88. The van der Waals surface area contributed by atoms with Gasteiger partial charge < -0.3 is 14.7 Å². The fourth-order valence-electron chi connectivity index (χ4n) is 3.40. The summed E-state index contributed by atoms with van der Waals surface area (Å²) in [4.78, 5) is 12.8. The Morgan fingerprint density at radius 1 is 1.19 bits per heavy atom. The Balaban J connectivity index is 1.98. The van der Waals surface area contributed by atoms with E-state index in [0.29, 0.717) is 11.1 Å². The molecule has 0 radical (unpaired) electrons. The van der Waals surface area contributed by atoms with Gasteiger partial charge in [-0.15, -0.1) is 0 Å². The fraction of sp³-hybridized carbons (Fsp3) is 0.350. The molecule has 2 aromatic carbocycles. The zero-order chi connectivity index (χ0) is 20.0. The second-order valence-corrected chi connectivity index (χ2v) is 6.79. The quantitative estimate of drug-likeness (QED) is 0.881. The summed E-state index contributed by atoms with van der Waals surface area (Å²) in [6.07, 6.45) is -5.31. The number of carbonyl (C=O) groups excluding carboxylic acids is 1. The Kier molecular flexibility index (Phi) is 4.67. The van der Waals surface area contributed by atoms with E-state index in [0.717, 1.165) is 0 Å². The van der Waals surface area contributed by atoms with E-state index in [1.807, 2.05) is 0 Å². The van der Waals surface area contributed by atoms with Crippen molar-refractivity contribution in [3.05, 3.63) is 53.6 Å². The summed E-state index contributed by atoms with van der Waals surface area (Å²) in [5.41, 5.74) is -2.85. The van der Waals surface area contributed by atoms with Crippen molar-refractivity contribution in [3.8, 4) is 16.9 Å². The van der Waals surface area contributed by atoms with E-state index in [9.17, 15) is 23.1 Å². The molecule has 0 heterocycles. The Morgan fingerprint density at radius 2 is 1.81 bits per heavy atom. The molecule has 1 aliphatic carbocycles. The number of fused-ring (bicyclic) bond motifs is 3. The zero-order valence-electron chi connectivity index (χ0n) is 15.2. The first kappa shape index (κ1) is 19.2. The summed E-state index contributed by atoms with van der Waals surface area (Å²) < 4.78 is 47.2. The lowest BCUT2D eigenvalue weighted by molar-refractivity contribution is -0.246. The molecule has 0 bridgehead atoms. The maximum absolute atomic E-state index is 13.8. The number of aliphatic hydroxyl groups is 1. The summed E-state index contributed by atoms with van der Waals surface area (Å²) in [5.74, 6) is 0.0648. The Bertz CT molecular complexity index is 881. The van der Waals surface area contributed by atoms with Crippen molar-refractivity contribution in [1.29, 1.82) is 0 Å². The molecule has 1 amide bonds. The van der Waals surface area contributed by atoms with Crippen LogP contribution >= 0.6 is 0 Å². The molecule has 0 saturated heterocycles. The molecule has 0 fully saturated rings. The van der Waals surface area contributed by atoms with Crippen molar-refractivity contribution >= 4 is 5.91 Å². The third-order valence-corrected chi connectivity index (χ3v) is 4.80. The summed E-state index contributed by atoms with van der Waals surface area (Å²) in [6.45, 7) is 3.43. The van der Waals surface area contributed by atoms with Crippen LogP contribution in [-0.2, 0) is 10.4 Å². The predicted octanol–water partition coefficient (Wildman–Crippen LogP) is 3.71. The van der Waals surface area contributed by atoms with Crippen LogP contribution in [0.5, 0.6) is 5.75 Å². The first-order chi connectivity index (χ1) is 12.6. The molecule has 1 unspecified atom stereocenters. The summed E-state index contributed by atoms with van der Waals surface area (Å²) in [7, 11) is 1.62. The molecule has 2 aromatic rings. The third kappa shape index (κ3) is 3.16. The number of halogens is 3. The Morgan fingerprint density at radius 3 is 2.44 bits per heavy atom. The minimum Gasteiger partial charge on any atom is -0.489 e. The van der Waals surface area contributed by atoms with E-state index < -0.39 is 17.9 Å². The van der Waals surface area contributed by atoms with E-state index in [-0.39, 0.29) is 29.3 Å². The average molecular weight is 379 g/mol. The van der Waals surface area contributed by atoms with Gasteiger partial charge in [0.15, 0.2) is 0 Å². The highest BCUT2D eigenvalue weighted by molar-refractivity contribution is 5.81. The molecule has 7 heteroatoms. The molecule has 1 N–H and O–H groups in total. The lowest BCUT2D eigenvalue weighted by Crippen LogP contribution is -2.41. The van der Waals surface area contributed by atoms with Gasteiger partial charge in [-0.2, -0.15) is 13.2 Å². The Labute approximate surface area is 155 Å². The normalized spacial score (nSPS) is 19.2. The lowest BCUT2D eigenvalue weighted by atomic mass is 9.90. The highest BCUT2D eigenvalue weighted by Crippen LogP contribution is 2.55. The van der Waals surface area contributed by atoms with Crippen molar-refractivity contribution in [2.45, 2.75) is 31.7 Å². The van der Waals surface area contributed by atoms with Crippen LogP contribution in [0.15, 0.2) is 42.5 Å². The predicted molar refractivity (Wildman–Crippen MR) is 94.3 cm³/mol. The highest BCUT2D eigenvalue weighted by Gasteiger charge is 2.60. The van der Waals surface area contributed by atoms with Gasteiger partial charge in [-0.25, -0.2) is 0 Å². The van der Waals surface area contributed by atoms with E-state index in [1.54, 1.807) is 32.2 Å². The molecule has 0 spiro atoms. The number of nitrogens with zero attached hydrogens (tertiary/aromatic N) is 1. The van der Waals surface area contributed by atoms with Gasteiger partial charge in [0.1, 0.15) is 11.9 Å². The molecule has 144 valence electrons. The van der Waals surface area contributed by atoms with Crippen LogP contribution in [0, 0.1) is 0 Å². The number of hydrogen-bond acceptors (Lipinski definition) is 3. The van der Waals surface area contributed by atoms with Crippen molar-refractivity contribution in [3.63, 3.8) is 0 Å². The second-order valence-electron chi connectivity index (χ2n) is 6.79. The van der Waals surface area contributed by atoms with Gasteiger partial charge in [-0.05, 0) is 30.2 Å². The molecule has 1 aliphatic rings. The summed E-state index contributed by atoms with van der Waals surface area (Å²) >= 11 is 0. The number of benzene rings is 2. The minimum absolute atomic E-state index is 0.138. The van der Waals surface area contributed by atoms with Gasteiger partial charge in [0, 0.05) is 25.1 Å². The molecule has 27 heavy (non-hydrogen) atoms. The van der Waals surface area contributed by atoms with Crippen LogP contribution in [0.3, 0.4) is 0 Å². The number of carbonyl (C=O) groups is 1. The lowest BCUT2D eigenvalue weighted by Gasteiger charge is -2.29. The zero-order valence-corrected chi connectivity index (χ0v) is 15.2. The van der Waals surface area contributed by atoms with Crippen LogP contribution in [0.2, 0.25) is 0 Å². The number of hydrogen-bond donors (Lipinski definition) is 1. The smallest absolute Gasteiger partial charge is 0.425 e. The van der Waals surface area contributed by atoms with Gasteiger partial charge >= 0.3 is 6.18 Å². The van der Waals surface area contributed by atoms with E-state index in [4.69, 9.17) is 4.74 Å². The largest absolute Gasteiger partial charge is 0.489 e. The number of amides is 1. The summed E-state index contributed by atoms with van der Waals surface area (Å²) in [6, 6.07) is 10.3. The number of likely N-dealkylation sites (N-methyl/N-ethyl adjacent to an activating group) is 1. The van der Waals surface area contributed by atoms with E-state index >= 15 is 0 Å². The maximum Gasteiger partial charge on any atom is 0.425 e. The first-order valence-corrected chi connectivity index (χ1v) is 8.47. The Hall–Kier alpha value is -2.54. The van der Waals surface area contributed by atoms with E-state index in [1.165, 1.54) is 36.1 Å². The monoisotopic (exact) mass is 379 g/mol. The van der Waals surface area contributed by atoms with Crippen molar-refractivity contribution in [1.82, 2.24) is 4.90 Å². The molecule has 0 aliphatic heterocycles. The fourth-order valence-corrected chi connectivity index (χ4v) is 3.40. The molecule has 3 rings (SSSR count). The van der Waals surface area contributed by atoms with Crippen molar-refractivity contribution < 1.29 is 27.8 Å². The standard InChI is InChI=1S/C20H20F3NO3/c1-12(11-24(3)13(2)25)27-14-8-9-16-15-6-4-5-7-17(15)19(26,18(16)10-14)20(21,22)23/h4-10,12,26H,11H2,1-3H3/t12?,19-/m1/s1. The maximum atomic E-state index is 13.8. The third-order valence-electron chi connectivity index (χ3n) is 4.80. The van der Waals surface area contributed by atoms with Gasteiger partial charge in [0.05, 0.1) is 6.54 Å². The highest BCUT2D eigenvalue weighted by atomic mass is 19.4.